The Balaban J connectivity index is 1.51. The summed E-state index contributed by atoms with van der Waals surface area (Å²) in [6.07, 6.45) is 1.83. The Kier molecular flexibility index (Phi) is 2.67. The molecule has 4 heteroatoms. The average molecular weight is 234 g/mol. The maximum Gasteiger partial charge on any atom is 0.221 e. The van der Waals surface area contributed by atoms with Gasteiger partial charge in [0.2, 0.25) is 5.91 Å². The van der Waals surface area contributed by atoms with E-state index in [1.807, 2.05) is 6.07 Å². The van der Waals surface area contributed by atoms with E-state index in [-0.39, 0.29) is 11.9 Å². The van der Waals surface area contributed by atoms with Crippen LogP contribution < -0.4 is 10.6 Å². The van der Waals surface area contributed by atoms with Crippen molar-refractivity contribution in [3.63, 3.8) is 0 Å². The Labute approximate surface area is 101 Å². The summed E-state index contributed by atoms with van der Waals surface area (Å²) in [6.45, 7) is 3.69. The highest BCUT2D eigenvalue weighted by molar-refractivity contribution is 5.78. The third-order valence-corrected chi connectivity index (χ3v) is 3.70. The van der Waals surface area contributed by atoms with Gasteiger partial charge in [0.15, 0.2) is 0 Å². The third kappa shape index (κ3) is 2.36. The molecule has 3 unspecified atom stereocenters. The van der Waals surface area contributed by atoms with Crippen molar-refractivity contribution in [2.75, 3.05) is 6.54 Å². The second-order valence-electron chi connectivity index (χ2n) is 5.21. The second kappa shape index (κ2) is 4.18. The van der Waals surface area contributed by atoms with Crippen molar-refractivity contribution in [1.82, 2.24) is 10.6 Å². The van der Waals surface area contributed by atoms with Crippen molar-refractivity contribution in [2.24, 2.45) is 5.92 Å². The zero-order valence-corrected chi connectivity index (χ0v) is 10.0. The van der Waals surface area contributed by atoms with E-state index in [1.165, 1.54) is 6.42 Å². The predicted octanol–water partition coefficient (Wildman–Crippen LogP) is 1.38. The van der Waals surface area contributed by atoms with Crippen LogP contribution in [0.25, 0.3) is 0 Å². The van der Waals surface area contributed by atoms with Crippen LogP contribution in [-0.4, -0.2) is 18.5 Å². The van der Waals surface area contributed by atoms with Gasteiger partial charge in [0.1, 0.15) is 11.5 Å². The van der Waals surface area contributed by atoms with Gasteiger partial charge < -0.3 is 15.1 Å². The molecule has 1 amide bonds. The Morgan fingerprint density at radius 2 is 2.35 bits per heavy atom. The summed E-state index contributed by atoms with van der Waals surface area (Å²) in [4.78, 5) is 11.0. The topological polar surface area (TPSA) is 54.3 Å². The van der Waals surface area contributed by atoms with Gasteiger partial charge in [-0.15, -0.1) is 0 Å². The minimum Gasteiger partial charge on any atom is -0.464 e. The van der Waals surface area contributed by atoms with Crippen LogP contribution in [0.15, 0.2) is 16.5 Å². The fourth-order valence-corrected chi connectivity index (χ4v) is 2.40. The summed E-state index contributed by atoms with van der Waals surface area (Å²) in [6, 6.07) is 4.37. The molecule has 3 atom stereocenters. The van der Waals surface area contributed by atoms with E-state index in [2.05, 4.69) is 23.6 Å². The van der Waals surface area contributed by atoms with E-state index in [0.717, 1.165) is 24.0 Å². The van der Waals surface area contributed by atoms with Crippen LogP contribution in [0.3, 0.4) is 0 Å². The highest BCUT2D eigenvalue weighted by atomic mass is 16.3. The van der Waals surface area contributed by atoms with Gasteiger partial charge in [-0.3, -0.25) is 4.79 Å². The fourth-order valence-electron chi connectivity index (χ4n) is 2.40. The molecule has 1 aromatic rings. The normalized spacial score (nSPS) is 31.6. The lowest BCUT2D eigenvalue weighted by molar-refractivity contribution is -0.119. The molecule has 2 aliphatic rings. The molecule has 0 bridgehead atoms. The summed E-state index contributed by atoms with van der Waals surface area (Å²) in [5, 5.41) is 6.15. The first-order valence-electron chi connectivity index (χ1n) is 6.31. The average Bonchev–Trinajstić information content (AvgIpc) is 2.76. The van der Waals surface area contributed by atoms with Gasteiger partial charge in [-0.2, -0.15) is 0 Å². The van der Waals surface area contributed by atoms with Crippen molar-refractivity contribution < 1.29 is 9.21 Å². The van der Waals surface area contributed by atoms with E-state index in [1.54, 1.807) is 0 Å². The summed E-state index contributed by atoms with van der Waals surface area (Å²) < 4.78 is 5.80. The van der Waals surface area contributed by atoms with Crippen molar-refractivity contribution in [2.45, 2.75) is 38.3 Å². The fraction of sp³-hybridized carbons (Fsp3) is 0.615. The van der Waals surface area contributed by atoms with Gasteiger partial charge >= 0.3 is 0 Å². The van der Waals surface area contributed by atoms with Crippen LogP contribution in [0.2, 0.25) is 0 Å². The van der Waals surface area contributed by atoms with Crippen LogP contribution in [0, 0.1) is 5.92 Å². The molecule has 0 spiro atoms. The lowest BCUT2D eigenvalue weighted by atomic mass is 10.2. The van der Waals surface area contributed by atoms with Crippen LogP contribution in [0.4, 0.5) is 0 Å². The molecule has 1 aromatic heterocycles. The Bertz CT molecular complexity index is 427. The molecule has 17 heavy (non-hydrogen) atoms. The van der Waals surface area contributed by atoms with Crippen LogP contribution >= 0.6 is 0 Å². The van der Waals surface area contributed by atoms with E-state index in [0.29, 0.717) is 18.9 Å². The number of hydrogen-bond donors (Lipinski definition) is 2. The predicted molar refractivity (Wildman–Crippen MR) is 63.5 cm³/mol. The summed E-state index contributed by atoms with van der Waals surface area (Å²) >= 11 is 0. The minimum atomic E-state index is 0.134. The third-order valence-electron chi connectivity index (χ3n) is 3.70. The quantitative estimate of drug-likeness (QED) is 0.827. The van der Waals surface area contributed by atoms with E-state index in [9.17, 15) is 4.79 Å². The first-order valence-corrected chi connectivity index (χ1v) is 6.31. The monoisotopic (exact) mass is 234 g/mol. The van der Waals surface area contributed by atoms with Crippen molar-refractivity contribution in [3.05, 3.63) is 23.7 Å². The molecule has 4 nitrogen and oxygen atoms in total. The number of hydrogen-bond acceptors (Lipinski definition) is 3. The molecular formula is C13H18N2O2. The van der Waals surface area contributed by atoms with E-state index < -0.39 is 0 Å². The van der Waals surface area contributed by atoms with Gasteiger partial charge in [-0.25, -0.2) is 0 Å². The van der Waals surface area contributed by atoms with Crippen molar-refractivity contribution >= 4 is 5.91 Å². The molecule has 1 saturated carbocycles. The van der Waals surface area contributed by atoms with Crippen molar-refractivity contribution in [3.8, 4) is 0 Å². The molecule has 92 valence electrons. The standard InChI is InChI=1S/C13H18N2O2/c1-8-4-11(8)12-3-2-10(17-12)7-14-9-5-13(16)15-6-9/h2-3,8-9,11,14H,4-7H2,1H3,(H,15,16). The Hall–Kier alpha value is -1.29. The highest BCUT2D eigenvalue weighted by Gasteiger charge is 2.36. The molecular weight excluding hydrogens is 216 g/mol. The molecule has 1 aliphatic heterocycles. The van der Waals surface area contributed by atoms with Crippen LogP contribution in [-0.2, 0) is 11.3 Å². The van der Waals surface area contributed by atoms with E-state index >= 15 is 0 Å². The number of nitrogens with one attached hydrogen (secondary N) is 2. The number of carbonyl (C=O) groups is 1. The first kappa shape index (κ1) is 10.8. The molecule has 2 N–H and O–H groups in total. The molecule has 0 aromatic carbocycles. The zero-order valence-electron chi connectivity index (χ0n) is 10.0. The Morgan fingerprint density at radius 1 is 1.53 bits per heavy atom. The number of rotatable bonds is 4. The molecule has 1 saturated heterocycles. The molecule has 3 rings (SSSR count). The van der Waals surface area contributed by atoms with Gasteiger partial charge in [-0.05, 0) is 24.5 Å². The molecule has 2 heterocycles. The van der Waals surface area contributed by atoms with Gasteiger partial charge in [0, 0.05) is 24.9 Å². The maximum atomic E-state index is 11.0. The largest absolute Gasteiger partial charge is 0.464 e. The highest BCUT2D eigenvalue weighted by Crippen LogP contribution is 2.47. The molecule has 1 aliphatic carbocycles. The lowest BCUT2D eigenvalue weighted by Crippen LogP contribution is -2.30. The van der Waals surface area contributed by atoms with Crippen LogP contribution in [0.1, 0.15) is 37.2 Å². The number of amides is 1. The molecule has 2 fully saturated rings. The van der Waals surface area contributed by atoms with Crippen molar-refractivity contribution in [1.29, 1.82) is 0 Å². The lowest BCUT2D eigenvalue weighted by Gasteiger charge is -2.07. The van der Waals surface area contributed by atoms with E-state index in [4.69, 9.17) is 4.42 Å². The smallest absolute Gasteiger partial charge is 0.221 e. The summed E-state index contributed by atoms with van der Waals surface area (Å²) in [7, 11) is 0. The maximum absolute atomic E-state index is 11.0. The minimum absolute atomic E-state index is 0.134. The first-order chi connectivity index (χ1) is 8.22. The van der Waals surface area contributed by atoms with Crippen LogP contribution in [0.5, 0.6) is 0 Å². The number of carbonyl (C=O) groups excluding carboxylic acids is 1. The van der Waals surface area contributed by atoms with Gasteiger partial charge in [-0.1, -0.05) is 6.92 Å². The second-order valence-corrected chi connectivity index (χ2v) is 5.21. The van der Waals surface area contributed by atoms with Gasteiger partial charge in [0.25, 0.3) is 0 Å². The SMILES string of the molecule is CC1CC1c1ccc(CNC2CNC(=O)C2)o1. The Morgan fingerprint density at radius 3 is 3.00 bits per heavy atom. The summed E-state index contributed by atoms with van der Waals surface area (Å²) in [5.41, 5.74) is 0. The zero-order chi connectivity index (χ0) is 11.8. The molecule has 0 radical (unpaired) electrons. The van der Waals surface area contributed by atoms with Gasteiger partial charge in [0.05, 0.1) is 6.54 Å². The number of furan rings is 1. The summed E-state index contributed by atoms with van der Waals surface area (Å²) in [5.74, 6) is 3.64.